The summed E-state index contributed by atoms with van der Waals surface area (Å²) in [5.74, 6) is 0. The van der Waals surface area contributed by atoms with Crippen molar-refractivity contribution >= 4 is 9.84 Å². The molecule has 2 nitrogen and oxygen atoms in total. The van der Waals surface area contributed by atoms with Crippen LogP contribution in [0.2, 0.25) is 0 Å². The molecule has 3 heteroatoms. The molecule has 18 heavy (non-hydrogen) atoms. The smallest absolute Gasteiger partial charge is 0.208 e. The number of hydrogen-bond acceptors (Lipinski definition) is 2. The maximum Gasteiger partial charge on any atom is 0.208 e. The highest BCUT2D eigenvalue weighted by molar-refractivity contribution is 7.92. The molecule has 1 aliphatic heterocycles. The van der Waals surface area contributed by atoms with Gasteiger partial charge >= 0.3 is 0 Å². The van der Waals surface area contributed by atoms with Gasteiger partial charge in [0.15, 0.2) is 0 Å². The average Bonchev–Trinajstić information content (AvgIpc) is 2.61. The van der Waals surface area contributed by atoms with Crippen molar-refractivity contribution in [2.24, 2.45) is 0 Å². The fourth-order valence-corrected chi connectivity index (χ4v) is 4.62. The van der Waals surface area contributed by atoms with Crippen LogP contribution in [-0.2, 0) is 16.3 Å². The van der Waals surface area contributed by atoms with Crippen LogP contribution in [-0.4, -0.2) is 8.42 Å². The zero-order chi connectivity index (χ0) is 12.9. The van der Waals surface area contributed by atoms with Crippen molar-refractivity contribution < 1.29 is 8.42 Å². The molecule has 0 bridgehead atoms. The highest BCUT2D eigenvalue weighted by Crippen LogP contribution is 2.46. The van der Waals surface area contributed by atoms with Crippen molar-refractivity contribution in [3.63, 3.8) is 0 Å². The van der Waals surface area contributed by atoms with Crippen molar-refractivity contribution in [1.82, 2.24) is 0 Å². The summed E-state index contributed by atoms with van der Waals surface area (Å²) in [5.41, 5.74) is 3.70. The minimum Gasteiger partial charge on any atom is -0.218 e. The van der Waals surface area contributed by atoms with Crippen molar-refractivity contribution in [3.8, 4) is 11.1 Å². The van der Waals surface area contributed by atoms with Crippen molar-refractivity contribution in [2.75, 3.05) is 0 Å². The van der Waals surface area contributed by atoms with E-state index in [4.69, 9.17) is 0 Å². The Labute approximate surface area is 107 Å². The molecular weight excluding hydrogens is 244 g/mol. The number of benzene rings is 2. The molecule has 0 aromatic heterocycles. The third kappa shape index (κ3) is 1.31. The van der Waals surface area contributed by atoms with Crippen LogP contribution in [0.15, 0.2) is 46.2 Å². The first-order valence-electron chi connectivity index (χ1n) is 6.04. The molecule has 0 unspecified atom stereocenters. The molecule has 0 fully saturated rings. The summed E-state index contributed by atoms with van der Waals surface area (Å²) in [4.78, 5) is 0.951. The number of aryl methyl sites for hydroxylation is 2. The predicted molar refractivity (Wildman–Crippen MR) is 71.4 cm³/mol. The van der Waals surface area contributed by atoms with Crippen molar-refractivity contribution in [3.05, 3.63) is 47.5 Å². The van der Waals surface area contributed by atoms with Gasteiger partial charge in [-0.2, -0.15) is 0 Å². The van der Waals surface area contributed by atoms with E-state index in [0.717, 1.165) is 28.7 Å². The summed E-state index contributed by atoms with van der Waals surface area (Å²) >= 11 is 0. The summed E-state index contributed by atoms with van der Waals surface area (Å²) in [7, 11) is -3.33. The molecule has 0 aliphatic carbocycles. The lowest BCUT2D eigenvalue weighted by Gasteiger charge is -2.08. The lowest BCUT2D eigenvalue weighted by atomic mass is 9.96. The van der Waals surface area contributed by atoms with Gasteiger partial charge in [-0.15, -0.1) is 0 Å². The third-order valence-electron chi connectivity index (χ3n) is 3.54. The van der Waals surface area contributed by atoms with E-state index < -0.39 is 9.84 Å². The Balaban J connectivity index is 2.54. The van der Waals surface area contributed by atoms with Crippen molar-refractivity contribution in [2.45, 2.75) is 30.1 Å². The Morgan fingerprint density at radius 3 is 2.50 bits per heavy atom. The highest BCUT2D eigenvalue weighted by Gasteiger charge is 2.35. The summed E-state index contributed by atoms with van der Waals surface area (Å²) in [6.45, 7) is 3.92. The Bertz CT molecular complexity index is 743. The van der Waals surface area contributed by atoms with Crippen LogP contribution >= 0.6 is 0 Å². The van der Waals surface area contributed by atoms with Crippen LogP contribution in [0.1, 0.15) is 18.1 Å². The van der Waals surface area contributed by atoms with E-state index in [-0.39, 0.29) is 0 Å². The first kappa shape index (κ1) is 11.5. The van der Waals surface area contributed by atoms with Gasteiger partial charge in [0.1, 0.15) is 0 Å². The molecule has 2 aromatic rings. The van der Waals surface area contributed by atoms with Gasteiger partial charge in [-0.1, -0.05) is 37.3 Å². The normalized spacial score (nSPS) is 15.2. The average molecular weight is 258 g/mol. The van der Waals surface area contributed by atoms with Crippen LogP contribution in [0.25, 0.3) is 11.1 Å². The molecule has 1 aliphatic rings. The first-order valence-corrected chi connectivity index (χ1v) is 7.52. The lowest BCUT2D eigenvalue weighted by Crippen LogP contribution is -1.99. The van der Waals surface area contributed by atoms with Crippen LogP contribution in [0.3, 0.4) is 0 Å². The van der Waals surface area contributed by atoms with Gasteiger partial charge in [0.05, 0.1) is 9.79 Å². The van der Waals surface area contributed by atoms with E-state index in [2.05, 4.69) is 6.92 Å². The summed E-state index contributed by atoms with van der Waals surface area (Å²) < 4.78 is 25.1. The molecule has 0 saturated heterocycles. The number of hydrogen-bond donors (Lipinski definition) is 0. The first-order chi connectivity index (χ1) is 8.57. The molecule has 3 rings (SSSR count). The molecule has 0 saturated carbocycles. The third-order valence-corrected chi connectivity index (χ3v) is 5.53. The minimum atomic E-state index is -3.33. The molecule has 1 heterocycles. The molecular formula is C15H14O2S. The molecule has 0 radical (unpaired) electrons. The standard InChI is InChI=1S/C15H14O2S/c1-3-11-9-8-10(2)15-14(11)12-6-4-5-7-13(12)18(15,16)17/h4-9H,3H2,1-2H3. The zero-order valence-electron chi connectivity index (χ0n) is 10.4. The zero-order valence-corrected chi connectivity index (χ0v) is 11.2. The van der Waals surface area contributed by atoms with Gasteiger partial charge in [0, 0.05) is 11.1 Å². The fraction of sp³-hybridized carbons (Fsp3) is 0.200. The quantitative estimate of drug-likeness (QED) is 0.670. The predicted octanol–water partition coefficient (Wildman–Crippen LogP) is 3.37. The Morgan fingerprint density at radius 1 is 1.06 bits per heavy atom. The second-order valence-electron chi connectivity index (χ2n) is 4.60. The molecule has 0 atom stereocenters. The summed E-state index contributed by atoms with van der Waals surface area (Å²) in [6.07, 6.45) is 0.840. The van der Waals surface area contributed by atoms with E-state index >= 15 is 0 Å². The molecule has 0 amide bonds. The lowest BCUT2D eigenvalue weighted by molar-refractivity contribution is 0.598. The minimum absolute atomic E-state index is 0.448. The van der Waals surface area contributed by atoms with Gasteiger partial charge in [-0.05, 0) is 30.5 Å². The fourth-order valence-electron chi connectivity index (χ4n) is 2.68. The number of rotatable bonds is 1. The van der Waals surface area contributed by atoms with E-state index in [1.54, 1.807) is 12.1 Å². The van der Waals surface area contributed by atoms with Gasteiger partial charge in [0.25, 0.3) is 0 Å². The van der Waals surface area contributed by atoms with Crippen molar-refractivity contribution in [1.29, 1.82) is 0 Å². The monoisotopic (exact) mass is 258 g/mol. The topological polar surface area (TPSA) is 34.1 Å². The second kappa shape index (κ2) is 3.69. The molecule has 0 N–H and O–H groups in total. The summed E-state index contributed by atoms with van der Waals surface area (Å²) in [5, 5.41) is 0. The van der Waals surface area contributed by atoms with Gasteiger partial charge < -0.3 is 0 Å². The van der Waals surface area contributed by atoms with Crippen LogP contribution in [0.4, 0.5) is 0 Å². The van der Waals surface area contributed by atoms with Crippen LogP contribution < -0.4 is 0 Å². The highest BCUT2D eigenvalue weighted by atomic mass is 32.2. The van der Waals surface area contributed by atoms with Gasteiger partial charge in [0.2, 0.25) is 9.84 Å². The van der Waals surface area contributed by atoms with Crippen LogP contribution in [0, 0.1) is 6.92 Å². The summed E-state index contributed by atoms with van der Waals surface area (Å²) in [6, 6.07) is 11.2. The molecule has 0 spiro atoms. The van der Waals surface area contributed by atoms with E-state index in [1.165, 1.54) is 0 Å². The Kier molecular flexibility index (Phi) is 2.35. The van der Waals surface area contributed by atoms with Gasteiger partial charge in [-0.25, -0.2) is 8.42 Å². The van der Waals surface area contributed by atoms with Crippen LogP contribution in [0.5, 0.6) is 0 Å². The maximum atomic E-state index is 12.6. The van der Waals surface area contributed by atoms with Gasteiger partial charge in [-0.3, -0.25) is 0 Å². The number of sulfone groups is 1. The number of fused-ring (bicyclic) bond motifs is 3. The van der Waals surface area contributed by atoms with E-state index in [9.17, 15) is 8.42 Å². The SMILES string of the molecule is CCc1ccc(C)c2c1-c1ccccc1S2(=O)=O. The Morgan fingerprint density at radius 2 is 1.78 bits per heavy atom. The molecule has 2 aromatic carbocycles. The van der Waals surface area contributed by atoms with E-state index in [1.807, 2.05) is 31.2 Å². The second-order valence-corrected chi connectivity index (χ2v) is 6.45. The largest absolute Gasteiger partial charge is 0.218 e. The van der Waals surface area contributed by atoms with E-state index in [0.29, 0.717) is 9.79 Å². The Hall–Kier alpha value is -1.61. The maximum absolute atomic E-state index is 12.6. The molecule has 92 valence electrons.